The van der Waals surface area contributed by atoms with E-state index < -0.39 is 5.97 Å². The van der Waals surface area contributed by atoms with Crippen LogP contribution in [-0.4, -0.2) is 11.1 Å². The molecule has 0 saturated carbocycles. The molecule has 0 aliphatic heterocycles. The molecule has 0 aliphatic rings. The van der Waals surface area contributed by atoms with E-state index in [4.69, 9.17) is 0 Å². The van der Waals surface area contributed by atoms with Crippen molar-refractivity contribution in [2.75, 3.05) is 0 Å². The highest BCUT2D eigenvalue weighted by atomic mass is 16.4. The number of carbonyl (C=O) groups is 1. The normalized spacial score (nSPS) is 11.8. The summed E-state index contributed by atoms with van der Waals surface area (Å²) in [4.78, 5) is 11.3. The van der Waals surface area contributed by atoms with Crippen molar-refractivity contribution in [2.24, 2.45) is 5.92 Å². The van der Waals surface area contributed by atoms with Gasteiger partial charge in [0.05, 0.1) is 5.92 Å². The summed E-state index contributed by atoms with van der Waals surface area (Å²) < 4.78 is 0. The van der Waals surface area contributed by atoms with E-state index >= 15 is 0 Å². The fourth-order valence-electron chi connectivity index (χ4n) is 5.50. The van der Waals surface area contributed by atoms with Crippen molar-refractivity contribution in [3.05, 3.63) is 60.7 Å². The van der Waals surface area contributed by atoms with Gasteiger partial charge in [0.2, 0.25) is 0 Å². The Morgan fingerprint density at radius 3 is 1.13 bits per heavy atom. The van der Waals surface area contributed by atoms with Crippen LogP contribution in [0.15, 0.2) is 60.7 Å². The van der Waals surface area contributed by atoms with Gasteiger partial charge in [-0.25, -0.2) is 0 Å². The van der Waals surface area contributed by atoms with Gasteiger partial charge in [-0.15, -0.1) is 0 Å². The minimum Gasteiger partial charge on any atom is -0.481 e. The smallest absolute Gasteiger partial charge is 0.306 e. The Morgan fingerprint density at radius 1 is 0.513 bits per heavy atom. The predicted octanol–water partition coefficient (Wildman–Crippen LogP) is 12.1. The summed E-state index contributed by atoms with van der Waals surface area (Å²) in [6.07, 6.45) is 24.2. The fraction of sp³-hybridized carbons (Fsp3) is 0.595. The van der Waals surface area contributed by atoms with Crippen molar-refractivity contribution in [3.63, 3.8) is 0 Å². The first-order chi connectivity index (χ1) is 19.2. The molecular formula is C37H56O2. The molecule has 1 unspecified atom stereocenters. The van der Waals surface area contributed by atoms with Crippen molar-refractivity contribution in [1.82, 2.24) is 0 Å². The SMILES string of the molecule is CCCCCCCCCCCCCCCCC(CCCCC)C(=O)O.c1ccc2cc3ccccc3cc2c1. The monoisotopic (exact) mass is 532 g/mol. The van der Waals surface area contributed by atoms with Crippen molar-refractivity contribution >= 4 is 27.5 Å². The zero-order valence-electron chi connectivity index (χ0n) is 25.1. The molecule has 1 N–H and O–H groups in total. The molecule has 0 aliphatic carbocycles. The number of hydrogen-bond acceptors (Lipinski definition) is 1. The number of aliphatic carboxylic acids is 1. The van der Waals surface area contributed by atoms with E-state index in [1.54, 1.807) is 0 Å². The molecule has 3 aromatic carbocycles. The minimum absolute atomic E-state index is 0.0936. The van der Waals surface area contributed by atoms with Crippen molar-refractivity contribution in [1.29, 1.82) is 0 Å². The zero-order chi connectivity index (χ0) is 28.0. The fourth-order valence-corrected chi connectivity index (χ4v) is 5.50. The van der Waals surface area contributed by atoms with Gasteiger partial charge in [0.1, 0.15) is 0 Å². The molecule has 2 heteroatoms. The topological polar surface area (TPSA) is 37.3 Å². The van der Waals surface area contributed by atoms with E-state index in [1.165, 1.54) is 118 Å². The summed E-state index contributed by atoms with van der Waals surface area (Å²) in [5.41, 5.74) is 0. The van der Waals surface area contributed by atoms with E-state index in [-0.39, 0.29) is 5.92 Å². The minimum atomic E-state index is -0.578. The van der Waals surface area contributed by atoms with Crippen LogP contribution >= 0.6 is 0 Å². The summed E-state index contributed by atoms with van der Waals surface area (Å²) in [5, 5.41) is 14.5. The zero-order valence-corrected chi connectivity index (χ0v) is 25.1. The average molecular weight is 533 g/mol. The van der Waals surface area contributed by atoms with Crippen LogP contribution < -0.4 is 0 Å². The number of carboxylic acids is 1. The van der Waals surface area contributed by atoms with E-state index in [0.717, 1.165) is 25.7 Å². The van der Waals surface area contributed by atoms with Gasteiger partial charge in [-0.3, -0.25) is 4.79 Å². The number of benzene rings is 3. The number of fused-ring (bicyclic) bond motifs is 2. The molecule has 3 aromatic rings. The lowest BCUT2D eigenvalue weighted by Crippen LogP contribution is -2.13. The van der Waals surface area contributed by atoms with Gasteiger partial charge in [0.15, 0.2) is 0 Å². The molecule has 0 heterocycles. The Kier molecular flexibility index (Phi) is 18.1. The van der Waals surface area contributed by atoms with E-state index in [0.29, 0.717) is 0 Å². The third kappa shape index (κ3) is 14.6. The molecule has 1 atom stereocenters. The van der Waals surface area contributed by atoms with Crippen LogP contribution in [0.25, 0.3) is 21.5 Å². The third-order valence-electron chi connectivity index (χ3n) is 8.03. The third-order valence-corrected chi connectivity index (χ3v) is 8.03. The lowest BCUT2D eigenvalue weighted by molar-refractivity contribution is -0.142. The second-order valence-electron chi connectivity index (χ2n) is 11.5. The molecule has 0 bridgehead atoms. The lowest BCUT2D eigenvalue weighted by atomic mass is 9.94. The summed E-state index contributed by atoms with van der Waals surface area (Å²) >= 11 is 0. The summed E-state index contributed by atoms with van der Waals surface area (Å²) in [6, 6.07) is 21.4. The van der Waals surface area contributed by atoms with E-state index in [9.17, 15) is 9.90 Å². The molecule has 0 fully saturated rings. The average Bonchev–Trinajstić information content (AvgIpc) is 2.95. The van der Waals surface area contributed by atoms with Crippen molar-refractivity contribution in [3.8, 4) is 0 Å². The highest BCUT2D eigenvalue weighted by molar-refractivity contribution is 5.98. The van der Waals surface area contributed by atoms with E-state index in [1.807, 2.05) is 0 Å². The first-order valence-corrected chi connectivity index (χ1v) is 16.3. The van der Waals surface area contributed by atoms with Gasteiger partial charge in [-0.2, -0.15) is 0 Å². The lowest BCUT2D eigenvalue weighted by Gasteiger charge is -2.11. The van der Waals surface area contributed by atoms with Crippen LogP contribution in [0.2, 0.25) is 0 Å². The summed E-state index contributed by atoms with van der Waals surface area (Å²) in [6.45, 7) is 4.45. The van der Waals surface area contributed by atoms with Crippen molar-refractivity contribution < 1.29 is 9.90 Å². The van der Waals surface area contributed by atoms with Gasteiger partial charge in [-0.05, 0) is 46.5 Å². The highest BCUT2D eigenvalue weighted by Crippen LogP contribution is 2.22. The molecule has 0 saturated heterocycles. The molecule has 216 valence electrons. The van der Waals surface area contributed by atoms with Crippen LogP contribution in [0.1, 0.15) is 136 Å². The number of hydrogen-bond donors (Lipinski definition) is 1. The number of carboxylic acid groups (broad SMARTS) is 1. The van der Waals surface area contributed by atoms with Crippen LogP contribution in [0.4, 0.5) is 0 Å². The summed E-state index contributed by atoms with van der Waals surface area (Å²) in [7, 11) is 0. The maximum Gasteiger partial charge on any atom is 0.306 e. The van der Waals surface area contributed by atoms with Gasteiger partial charge in [0.25, 0.3) is 0 Å². The largest absolute Gasteiger partial charge is 0.481 e. The standard InChI is InChI=1S/C23H46O2.C14H10/c1-3-5-7-8-9-10-11-12-13-14-15-16-17-19-21-22(23(24)25)20-18-6-4-2;1-2-6-12-10-14-8-4-3-7-13(14)9-11(12)5-1/h22H,3-21H2,1-2H3,(H,24,25);1-10H. The van der Waals surface area contributed by atoms with E-state index in [2.05, 4.69) is 74.5 Å². The Morgan fingerprint density at radius 2 is 0.795 bits per heavy atom. The molecule has 2 nitrogen and oxygen atoms in total. The highest BCUT2D eigenvalue weighted by Gasteiger charge is 2.15. The maximum absolute atomic E-state index is 11.3. The molecular weight excluding hydrogens is 476 g/mol. The Labute approximate surface area is 239 Å². The van der Waals surface area contributed by atoms with Crippen LogP contribution in [0.3, 0.4) is 0 Å². The predicted molar refractivity (Wildman–Crippen MR) is 172 cm³/mol. The number of unbranched alkanes of at least 4 members (excludes halogenated alkanes) is 15. The molecule has 0 spiro atoms. The second-order valence-corrected chi connectivity index (χ2v) is 11.5. The van der Waals surface area contributed by atoms with Crippen LogP contribution in [0.5, 0.6) is 0 Å². The maximum atomic E-state index is 11.3. The Balaban J connectivity index is 0.000000314. The molecule has 39 heavy (non-hydrogen) atoms. The molecule has 3 rings (SSSR count). The Bertz CT molecular complexity index is 919. The molecule has 0 aromatic heterocycles. The summed E-state index contributed by atoms with van der Waals surface area (Å²) in [5.74, 6) is -0.672. The quantitative estimate of drug-likeness (QED) is 0.116. The second kappa shape index (κ2) is 21.5. The van der Waals surface area contributed by atoms with Crippen LogP contribution in [-0.2, 0) is 4.79 Å². The molecule has 0 amide bonds. The van der Waals surface area contributed by atoms with Gasteiger partial charge in [0, 0.05) is 0 Å². The van der Waals surface area contributed by atoms with Crippen LogP contribution in [0, 0.1) is 5.92 Å². The van der Waals surface area contributed by atoms with Gasteiger partial charge in [-0.1, -0.05) is 172 Å². The van der Waals surface area contributed by atoms with Gasteiger partial charge >= 0.3 is 5.97 Å². The van der Waals surface area contributed by atoms with Crippen molar-refractivity contribution in [2.45, 2.75) is 136 Å². The molecule has 0 radical (unpaired) electrons. The van der Waals surface area contributed by atoms with Gasteiger partial charge < -0.3 is 5.11 Å². The Hall–Kier alpha value is -2.35. The number of rotatable bonds is 20. The first kappa shape index (κ1) is 32.9. The first-order valence-electron chi connectivity index (χ1n) is 16.3.